The highest BCUT2D eigenvalue weighted by molar-refractivity contribution is 7.96. The molecule has 0 aromatic carbocycles. The second kappa shape index (κ2) is 4.76. The molecule has 0 bridgehead atoms. The summed E-state index contributed by atoms with van der Waals surface area (Å²) in [5.74, 6) is -1.23. The van der Waals surface area contributed by atoms with Gasteiger partial charge in [-0.25, -0.2) is 4.79 Å². The molecular weight excluding hydrogens is 182 g/mol. The molecule has 0 aliphatic carbocycles. The van der Waals surface area contributed by atoms with Gasteiger partial charge in [0.15, 0.2) is 0 Å². The second-order valence-corrected chi connectivity index (χ2v) is 2.28. The van der Waals surface area contributed by atoms with Crippen molar-refractivity contribution in [3.63, 3.8) is 0 Å². The molecule has 0 unspecified atom stereocenters. The number of thiol groups is 1. The molecule has 0 spiro atoms. The van der Waals surface area contributed by atoms with Gasteiger partial charge in [-0.1, -0.05) is 19.6 Å². The first-order chi connectivity index (χ1) is 5.49. The molecular formula is C6H9NO4S. The average Bonchev–Trinajstić information content (AvgIpc) is 1.98. The van der Waals surface area contributed by atoms with Crippen LogP contribution in [0.5, 0.6) is 0 Å². The zero-order valence-electron chi connectivity index (χ0n) is 6.73. The first-order valence-electron chi connectivity index (χ1n) is 3.23. The Balaban J connectivity index is 4.33. The van der Waals surface area contributed by atoms with Crippen LogP contribution < -0.4 is 0 Å². The number of carbonyl (C=O) groups is 3. The Bertz CT molecular complexity index is 216. The molecule has 0 aromatic rings. The molecule has 0 saturated heterocycles. The quantitative estimate of drug-likeness (QED) is 0.490. The largest absolute Gasteiger partial charge is 0.389 e. The molecule has 6 heteroatoms. The van der Waals surface area contributed by atoms with Crippen molar-refractivity contribution in [1.29, 1.82) is 0 Å². The third kappa shape index (κ3) is 3.38. The van der Waals surface area contributed by atoms with Crippen molar-refractivity contribution < 1.29 is 19.2 Å². The Morgan fingerprint density at radius 2 is 1.92 bits per heavy atom. The van der Waals surface area contributed by atoms with E-state index in [1.54, 1.807) is 6.92 Å². The van der Waals surface area contributed by atoms with Crippen LogP contribution in [0.1, 0.15) is 20.3 Å². The van der Waals surface area contributed by atoms with Gasteiger partial charge in [0, 0.05) is 13.3 Å². The fourth-order valence-corrected chi connectivity index (χ4v) is 0.594. The molecule has 0 radical (unpaired) electrons. The van der Waals surface area contributed by atoms with Crippen molar-refractivity contribution in [2.45, 2.75) is 20.3 Å². The van der Waals surface area contributed by atoms with Gasteiger partial charge < -0.3 is 4.84 Å². The fraction of sp³-hybridized carbons (Fsp3) is 0.500. The van der Waals surface area contributed by atoms with Gasteiger partial charge in [0.05, 0.1) is 0 Å². The number of hydrogen-bond donors (Lipinski definition) is 1. The lowest BCUT2D eigenvalue weighted by Crippen LogP contribution is -2.35. The fourth-order valence-electron chi connectivity index (χ4n) is 0.512. The summed E-state index contributed by atoms with van der Waals surface area (Å²) in [7, 11) is 0. The summed E-state index contributed by atoms with van der Waals surface area (Å²) < 4.78 is 0. The minimum Gasteiger partial charge on any atom is -0.319 e. The summed E-state index contributed by atoms with van der Waals surface area (Å²) in [6.45, 7) is 2.66. The van der Waals surface area contributed by atoms with Crippen LogP contribution >= 0.6 is 12.6 Å². The zero-order valence-corrected chi connectivity index (χ0v) is 7.63. The molecule has 0 rings (SSSR count). The molecule has 5 nitrogen and oxygen atoms in total. The van der Waals surface area contributed by atoms with E-state index in [1.807, 2.05) is 0 Å². The van der Waals surface area contributed by atoms with E-state index in [0.717, 1.165) is 6.92 Å². The molecule has 2 amide bonds. The van der Waals surface area contributed by atoms with Crippen LogP contribution in [0.3, 0.4) is 0 Å². The van der Waals surface area contributed by atoms with Crippen molar-refractivity contribution in [2.75, 3.05) is 0 Å². The minimum atomic E-state index is -0.994. The van der Waals surface area contributed by atoms with E-state index >= 15 is 0 Å². The number of amides is 2. The molecule has 12 heavy (non-hydrogen) atoms. The molecule has 68 valence electrons. The molecule has 0 fully saturated rings. The summed E-state index contributed by atoms with van der Waals surface area (Å²) >= 11 is 3.26. The van der Waals surface area contributed by atoms with Crippen LogP contribution in [0.15, 0.2) is 0 Å². The van der Waals surface area contributed by atoms with E-state index < -0.39 is 17.1 Å². The number of hydrogen-bond acceptors (Lipinski definition) is 4. The SMILES string of the molecule is CCC(=O)N(OC(=O)S)C(C)=O. The maximum Gasteiger partial charge on any atom is 0.389 e. The average molecular weight is 191 g/mol. The van der Waals surface area contributed by atoms with Crippen molar-refractivity contribution in [2.24, 2.45) is 0 Å². The maximum atomic E-state index is 10.9. The van der Waals surface area contributed by atoms with Gasteiger partial charge in [-0.15, -0.1) is 5.06 Å². The standard InChI is InChI=1S/C6H9NO4S/c1-3-5(9)7(4(2)8)11-6(10)12/h3H2,1-2H3,(H,10,12). The molecule has 0 heterocycles. The highest BCUT2D eigenvalue weighted by atomic mass is 32.1. The number of rotatable bonds is 1. The number of imide groups is 1. The second-order valence-electron chi connectivity index (χ2n) is 1.92. The third-order valence-electron chi connectivity index (χ3n) is 0.984. The predicted molar refractivity (Wildman–Crippen MR) is 43.3 cm³/mol. The summed E-state index contributed by atoms with van der Waals surface area (Å²) in [5.41, 5.74) is 0. The predicted octanol–water partition coefficient (Wildman–Crippen LogP) is 0.753. The maximum absolute atomic E-state index is 10.9. The monoisotopic (exact) mass is 191 g/mol. The Hall–Kier alpha value is -1.04. The van der Waals surface area contributed by atoms with Crippen molar-refractivity contribution in [1.82, 2.24) is 5.06 Å². The Morgan fingerprint density at radius 1 is 1.42 bits per heavy atom. The minimum absolute atomic E-state index is 0.0840. The lowest BCUT2D eigenvalue weighted by Gasteiger charge is -2.14. The summed E-state index contributed by atoms with van der Waals surface area (Å²) in [5, 5.41) is -0.609. The molecule has 0 N–H and O–H groups in total. The van der Waals surface area contributed by atoms with Gasteiger partial charge in [0.25, 0.3) is 11.8 Å². The van der Waals surface area contributed by atoms with Crippen molar-refractivity contribution >= 4 is 29.7 Å². The van der Waals surface area contributed by atoms with Crippen molar-refractivity contribution in [3.05, 3.63) is 0 Å². The zero-order chi connectivity index (χ0) is 9.72. The van der Waals surface area contributed by atoms with Gasteiger partial charge in [0.2, 0.25) is 0 Å². The lowest BCUT2D eigenvalue weighted by atomic mass is 10.4. The topological polar surface area (TPSA) is 63.7 Å². The molecule has 0 atom stereocenters. The van der Waals surface area contributed by atoms with E-state index in [0.29, 0.717) is 5.06 Å². The van der Waals surface area contributed by atoms with Crippen LogP contribution in [0.4, 0.5) is 4.79 Å². The molecule has 0 saturated carbocycles. The third-order valence-corrected chi connectivity index (χ3v) is 1.07. The van der Waals surface area contributed by atoms with E-state index in [4.69, 9.17) is 0 Å². The van der Waals surface area contributed by atoms with Gasteiger partial charge in [-0.2, -0.15) is 0 Å². The highest BCUT2D eigenvalue weighted by Crippen LogP contribution is 1.99. The number of hydroxylamine groups is 2. The van der Waals surface area contributed by atoms with Gasteiger partial charge in [0.1, 0.15) is 0 Å². The molecule has 0 aliphatic heterocycles. The Morgan fingerprint density at radius 3 is 2.17 bits per heavy atom. The van der Waals surface area contributed by atoms with Crippen molar-refractivity contribution in [3.8, 4) is 0 Å². The van der Waals surface area contributed by atoms with Crippen LogP contribution in [0.2, 0.25) is 0 Å². The Labute approximate surface area is 75.0 Å². The first kappa shape index (κ1) is 11.0. The lowest BCUT2D eigenvalue weighted by molar-refractivity contribution is -0.175. The summed E-state index contributed by atoms with van der Waals surface area (Å²) in [4.78, 5) is 36.1. The number of nitrogens with zero attached hydrogens (tertiary/aromatic N) is 1. The van der Waals surface area contributed by atoms with Crippen LogP contribution in [-0.4, -0.2) is 22.2 Å². The van der Waals surface area contributed by atoms with Crippen LogP contribution in [0.25, 0.3) is 0 Å². The summed E-state index contributed by atoms with van der Waals surface area (Å²) in [6, 6.07) is 0. The molecule has 0 aliphatic rings. The van der Waals surface area contributed by atoms with Gasteiger partial charge >= 0.3 is 5.30 Å². The van der Waals surface area contributed by atoms with Gasteiger partial charge in [-0.05, 0) is 0 Å². The smallest absolute Gasteiger partial charge is 0.319 e. The van der Waals surface area contributed by atoms with Crippen LogP contribution in [0, 0.1) is 0 Å². The van der Waals surface area contributed by atoms with Gasteiger partial charge in [-0.3, -0.25) is 9.59 Å². The summed E-state index contributed by atoms with van der Waals surface area (Å²) in [6.07, 6.45) is 0.0840. The van der Waals surface area contributed by atoms with E-state index in [9.17, 15) is 14.4 Å². The number of carbonyl (C=O) groups excluding carboxylic acids is 3. The molecule has 0 aromatic heterocycles. The highest BCUT2D eigenvalue weighted by Gasteiger charge is 2.19. The normalized spacial score (nSPS) is 8.92. The first-order valence-corrected chi connectivity index (χ1v) is 3.68. The Kier molecular flexibility index (Phi) is 4.35. The van der Waals surface area contributed by atoms with E-state index in [2.05, 4.69) is 17.5 Å². The van der Waals surface area contributed by atoms with Crippen LogP contribution in [-0.2, 0) is 14.4 Å². The van der Waals surface area contributed by atoms with E-state index in [1.165, 1.54) is 0 Å². The van der Waals surface area contributed by atoms with E-state index in [-0.39, 0.29) is 6.42 Å².